The molecule has 0 aliphatic carbocycles. The second kappa shape index (κ2) is 12.9. The highest BCUT2D eigenvalue weighted by atomic mass is 16.2. The first-order chi connectivity index (χ1) is 23.4. The zero-order valence-electron chi connectivity index (χ0n) is 28.8. The number of unbranched alkanes of at least 4 members (excludes halogenated alkanes) is 4. The summed E-state index contributed by atoms with van der Waals surface area (Å²) in [6, 6.07) is 15.3. The Morgan fingerprint density at radius 1 is 0.396 bits per heavy atom. The SMILES string of the molecule is CCCCC(CCCC)N1C(=O)c2ccc3c4ccc5c6c(ccc(c7ccc(c2c37)C1=O)c64)C(=O)N(C(CCCC)CCCC)C5=O. The van der Waals surface area contributed by atoms with E-state index in [9.17, 15) is 19.2 Å². The van der Waals surface area contributed by atoms with Crippen molar-refractivity contribution in [3.05, 3.63) is 70.8 Å². The molecule has 0 atom stereocenters. The summed E-state index contributed by atoms with van der Waals surface area (Å²) in [5.41, 5.74) is 2.29. The van der Waals surface area contributed by atoms with Gasteiger partial charge in [0.1, 0.15) is 0 Å². The van der Waals surface area contributed by atoms with Gasteiger partial charge in [-0.15, -0.1) is 0 Å². The maximum Gasteiger partial charge on any atom is 0.261 e. The van der Waals surface area contributed by atoms with E-state index in [1.54, 1.807) is 9.80 Å². The minimum Gasteiger partial charge on any atom is -0.271 e. The molecule has 4 amide bonds. The monoisotopic (exact) mass is 642 g/mol. The van der Waals surface area contributed by atoms with Crippen LogP contribution in [0, 0.1) is 0 Å². The topological polar surface area (TPSA) is 74.8 Å². The molecule has 0 unspecified atom stereocenters. The van der Waals surface area contributed by atoms with Gasteiger partial charge in [0, 0.05) is 45.1 Å². The van der Waals surface area contributed by atoms with Crippen molar-refractivity contribution >= 4 is 66.7 Å². The Balaban J connectivity index is 1.41. The first-order valence-corrected chi connectivity index (χ1v) is 18.3. The number of carbonyl (C=O) groups is 4. The fourth-order valence-electron chi connectivity index (χ4n) is 8.53. The molecule has 2 aliphatic heterocycles. The van der Waals surface area contributed by atoms with Gasteiger partial charge in [-0.25, -0.2) is 0 Å². The van der Waals surface area contributed by atoms with Crippen molar-refractivity contribution in [2.45, 2.75) is 117 Å². The summed E-state index contributed by atoms with van der Waals surface area (Å²) in [7, 11) is 0. The standard InChI is InChI=1S/C42H46N2O4/c1-5-9-13-25(14-10-6-2)43-39(45)31-21-17-27-29-19-23-33-38-34(42(48)44(41(33)47)26(15-11-7-3)16-12-8-4)24-20-30(36(29)38)28-18-22-32(40(43)46)37(31)35(27)28/h17-26H,5-16H2,1-4H3. The van der Waals surface area contributed by atoms with Gasteiger partial charge in [0.15, 0.2) is 0 Å². The van der Waals surface area contributed by atoms with E-state index >= 15 is 0 Å². The van der Waals surface area contributed by atoms with Crippen LogP contribution in [0.2, 0.25) is 0 Å². The van der Waals surface area contributed by atoms with E-state index in [0.29, 0.717) is 33.0 Å². The van der Waals surface area contributed by atoms with Gasteiger partial charge in [0.2, 0.25) is 0 Å². The van der Waals surface area contributed by atoms with Crippen molar-refractivity contribution in [1.29, 1.82) is 0 Å². The van der Waals surface area contributed by atoms with Gasteiger partial charge in [-0.3, -0.25) is 29.0 Å². The Morgan fingerprint density at radius 3 is 0.875 bits per heavy atom. The highest BCUT2D eigenvalue weighted by Crippen LogP contribution is 2.47. The van der Waals surface area contributed by atoms with Gasteiger partial charge in [-0.05, 0) is 82.3 Å². The third kappa shape index (κ3) is 4.82. The number of imide groups is 2. The van der Waals surface area contributed by atoms with Crippen molar-refractivity contribution in [2.75, 3.05) is 0 Å². The van der Waals surface area contributed by atoms with E-state index in [1.165, 1.54) is 0 Å². The van der Waals surface area contributed by atoms with E-state index in [2.05, 4.69) is 27.7 Å². The van der Waals surface area contributed by atoms with Crippen molar-refractivity contribution in [3.63, 3.8) is 0 Å². The zero-order chi connectivity index (χ0) is 33.7. The quantitative estimate of drug-likeness (QED) is 0.0686. The predicted molar refractivity (Wildman–Crippen MR) is 194 cm³/mol. The van der Waals surface area contributed by atoms with E-state index in [-0.39, 0.29) is 35.7 Å². The van der Waals surface area contributed by atoms with E-state index in [4.69, 9.17) is 0 Å². The molecule has 0 bridgehead atoms. The van der Waals surface area contributed by atoms with E-state index < -0.39 is 0 Å². The smallest absolute Gasteiger partial charge is 0.261 e. The lowest BCUT2D eigenvalue weighted by atomic mass is 9.81. The van der Waals surface area contributed by atoms with Crippen LogP contribution in [-0.2, 0) is 0 Å². The maximum atomic E-state index is 14.2. The van der Waals surface area contributed by atoms with Gasteiger partial charge in [0.05, 0.1) is 0 Å². The summed E-state index contributed by atoms with van der Waals surface area (Å²) in [4.78, 5) is 59.9. The highest BCUT2D eigenvalue weighted by molar-refractivity contribution is 6.41. The van der Waals surface area contributed by atoms with Gasteiger partial charge in [-0.1, -0.05) is 103 Å². The fraction of sp³-hybridized carbons (Fsp3) is 0.429. The van der Waals surface area contributed by atoms with Gasteiger partial charge < -0.3 is 0 Å². The number of benzene rings is 5. The lowest BCUT2D eigenvalue weighted by molar-refractivity contribution is 0.0502. The number of amides is 4. The molecular weight excluding hydrogens is 596 g/mol. The van der Waals surface area contributed by atoms with Crippen molar-refractivity contribution < 1.29 is 19.2 Å². The van der Waals surface area contributed by atoms with Gasteiger partial charge in [-0.2, -0.15) is 0 Å². The Labute approximate surface area is 282 Å². The molecule has 2 aliphatic rings. The van der Waals surface area contributed by atoms with Crippen molar-refractivity contribution in [3.8, 4) is 0 Å². The third-order valence-corrected chi connectivity index (χ3v) is 11.0. The Bertz CT molecular complexity index is 1810. The molecule has 0 fully saturated rings. The van der Waals surface area contributed by atoms with Crippen LogP contribution in [0.3, 0.4) is 0 Å². The van der Waals surface area contributed by atoms with Crippen molar-refractivity contribution in [1.82, 2.24) is 9.80 Å². The van der Waals surface area contributed by atoms with Crippen LogP contribution in [0.1, 0.15) is 146 Å². The number of hydrogen-bond acceptors (Lipinski definition) is 4. The molecule has 248 valence electrons. The van der Waals surface area contributed by atoms with Crippen LogP contribution in [0.15, 0.2) is 48.5 Å². The lowest BCUT2D eigenvalue weighted by Crippen LogP contribution is -2.47. The molecule has 5 aromatic carbocycles. The normalized spacial score (nSPS) is 14.9. The van der Waals surface area contributed by atoms with Crippen LogP contribution >= 0.6 is 0 Å². The summed E-state index contributed by atoms with van der Waals surface area (Å²) < 4.78 is 0. The van der Waals surface area contributed by atoms with Crippen molar-refractivity contribution in [2.24, 2.45) is 0 Å². The van der Waals surface area contributed by atoms with Crippen LogP contribution in [0.25, 0.3) is 43.1 Å². The molecule has 0 radical (unpaired) electrons. The summed E-state index contributed by atoms with van der Waals surface area (Å²) >= 11 is 0. The Morgan fingerprint density at radius 2 is 0.646 bits per heavy atom. The number of fused-ring (bicyclic) bond motifs is 2. The predicted octanol–water partition coefficient (Wildman–Crippen LogP) is 10.4. The zero-order valence-corrected chi connectivity index (χ0v) is 28.8. The molecule has 7 rings (SSSR count). The fourth-order valence-corrected chi connectivity index (χ4v) is 8.53. The molecular formula is C42H46N2O4. The molecule has 48 heavy (non-hydrogen) atoms. The third-order valence-electron chi connectivity index (χ3n) is 11.0. The van der Waals surface area contributed by atoms with Crippen LogP contribution in [0.5, 0.6) is 0 Å². The van der Waals surface area contributed by atoms with Crippen LogP contribution in [-0.4, -0.2) is 45.5 Å². The average Bonchev–Trinajstić information content (AvgIpc) is 3.10. The number of rotatable bonds is 14. The molecule has 0 N–H and O–H groups in total. The molecule has 0 aromatic heterocycles. The van der Waals surface area contributed by atoms with Crippen LogP contribution < -0.4 is 0 Å². The summed E-state index contributed by atoms with van der Waals surface area (Å²) in [6.07, 6.45) is 11.2. The minimum absolute atomic E-state index is 0.115. The summed E-state index contributed by atoms with van der Waals surface area (Å²) in [6.45, 7) is 8.56. The number of hydrogen-bond donors (Lipinski definition) is 0. The first kappa shape index (κ1) is 32.2. The second-order valence-corrected chi connectivity index (χ2v) is 14.0. The molecule has 0 saturated heterocycles. The molecule has 6 nitrogen and oxygen atoms in total. The molecule has 0 saturated carbocycles. The molecule has 5 aromatic rings. The average molecular weight is 643 g/mol. The maximum absolute atomic E-state index is 14.2. The number of carbonyl (C=O) groups excluding carboxylic acids is 4. The Kier molecular flexibility index (Phi) is 8.69. The summed E-state index contributed by atoms with van der Waals surface area (Å²) in [5.74, 6) is -0.828. The highest BCUT2D eigenvalue weighted by Gasteiger charge is 2.40. The summed E-state index contributed by atoms with van der Waals surface area (Å²) in [5, 5.41) is 6.93. The molecule has 2 heterocycles. The van der Waals surface area contributed by atoms with E-state index in [0.717, 1.165) is 109 Å². The molecule has 0 spiro atoms. The van der Waals surface area contributed by atoms with E-state index in [1.807, 2.05) is 48.5 Å². The number of nitrogens with zero attached hydrogens (tertiary/aromatic N) is 2. The van der Waals surface area contributed by atoms with Gasteiger partial charge >= 0.3 is 0 Å². The lowest BCUT2D eigenvalue weighted by Gasteiger charge is -2.35. The van der Waals surface area contributed by atoms with Gasteiger partial charge in [0.25, 0.3) is 23.6 Å². The largest absolute Gasteiger partial charge is 0.271 e. The first-order valence-electron chi connectivity index (χ1n) is 18.3. The Hall–Kier alpha value is -4.32. The van der Waals surface area contributed by atoms with Crippen LogP contribution in [0.4, 0.5) is 0 Å². The second-order valence-electron chi connectivity index (χ2n) is 14.0. The minimum atomic E-state index is -0.207. The molecule has 6 heteroatoms.